The minimum Gasteiger partial charge on any atom is -0.481 e. The SMILES string of the molecule is CCOC(=O)[C@@H]1CC[C@@]2(C)[C@@H](C1)C[C@H](C(=O)OCC)[C@@H]1[C@@H]2CC[C@]2(C)[C@@H]([C@H](C)C(C)C(=O)O)CC[C@@H]12. The molecule has 0 radical (unpaired) electrons. The molecule has 1 unspecified atom stereocenters. The number of carbonyl (C=O) groups excluding carboxylic acids is 2. The predicted octanol–water partition coefficient (Wildman–Crippen LogP) is 5.97. The highest BCUT2D eigenvalue weighted by atomic mass is 16.5. The van der Waals surface area contributed by atoms with Crippen molar-refractivity contribution < 1.29 is 29.0 Å². The van der Waals surface area contributed by atoms with Crippen LogP contribution in [-0.2, 0) is 23.9 Å². The molecule has 4 rings (SSSR count). The number of hydrogen-bond acceptors (Lipinski definition) is 5. The van der Waals surface area contributed by atoms with E-state index in [-0.39, 0.29) is 52.4 Å². The molecule has 4 aliphatic carbocycles. The molecular formula is C30H48O6. The third kappa shape index (κ3) is 4.38. The highest BCUT2D eigenvalue weighted by molar-refractivity contribution is 5.74. The fraction of sp³-hybridized carbons (Fsp3) is 0.900. The van der Waals surface area contributed by atoms with Crippen molar-refractivity contribution in [2.45, 2.75) is 92.9 Å². The van der Waals surface area contributed by atoms with Gasteiger partial charge in [0.15, 0.2) is 0 Å². The summed E-state index contributed by atoms with van der Waals surface area (Å²) in [6.07, 6.45) is 7.78. The van der Waals surface area contributed by atoms with Crippen molar-refractivity contribution in [2.24, 2.45) is 64.1 Å². The second-order valence-electron chi connectivity index (χ2n) is 13.0. The van der Waals surface area contributed by atoms with E-state index < -0.39 is 5.97 Å². The van der Waals surface area contributed by atoms with E-state index in [1.54, 1.807) is 0 Å². The molecule has 6 heteroatoms. The highest BCUT2D eigenvalue weighted by Crippen LogP contribution is 2.70. The Labute approximate surface area is 217 Å². The lowest BCUT2D eigenvalue weighted by Gasteiger charge is -2.63. The molecule has 0 heterocycles. The molecule has 0 aromatic carbocycles. The number of esters is 2. The van der Waals surface area contributed by atoms with Crippen LogP contribution < -0.4 is 0 Å². The maximum absolute atomic E-state index is 13.5. The van der Waals surface area contributed by atoms with Crippen LogP contribution >= 0.6 is 0 Å². The Hall–Kier alpha value is -1.59. The van der Waals surface area contributed by atoms with Crippen molar-refractivity contribution in [3.05, 3.63) is 0 Å². The second kappa shape index (κ2) is 10.3. The number of ether oxygens (including phenoxy) is 2. The number of carboxylic acid groups (broad SMARTS) is 1. The van der Waals surface area contributed by atoms with Gasteiger partial charge < -0.3 is 14.6 Å². The van der Waals surface area contributed by atoms with Gasteiger partial charge in [0, 0.05) is 0 Å². The molecule has 0 spiro atoms. The van der Waals surface area contributed by atoms with Gasteiger partial charge in [-0.2, -0.15) is 0 Å². The molecule has 4 saturated carbocycles. The van der Waals surface area contributed by atoms with E-state index in [0.29, 0.717) is 36.9 Å². The number of carbonyl (C=O) groups is 3. The summed E-state index contributed by atoms with van der Waals surface area (Å²) in [5.41, 5.74) is 0.177. The average molecular weight is 505 g/mol. The molecular weight excluding hydrogens is 456 g/mol. The maximum Gasteiger partial charge on any atom is 0.309 e. The first kappa shape index (κ1) is 27.4. The van der Waals surface area contributed by atoms with Crippen LogP contribution in [0, 0.1) is 64.1 Å². The molecule has 0 amide bonds. The minimum absolute atomic E-state index is 0.0559. The third-order valence-corrected chi connectivity index (χ3v) is 11.8. The number of hydrogen-bond donors (Lipinski definition) is 1. The molecule has 0 aromatic rings. The largest absolute Gasteiger partial charge is 0.481 e. The molecule has 36 heavy (non-hydrogen) atoms. The van der Waals surface area contributed by atoms with Gasteiger partial charge in [0.05, 0.1) is 31.0 Å². The summed E-state index contributed by atoms with van der Waals surface area (Å²) < 4.78 is 11.1. The van der Waals surface area contributed by atoms with Crippen molar-refractivity contribution in [2.75, 3.05) is 13.2 Å². The van der Waals surface area contributed by atoms with Crippen molar-refractivity contribution in [3.8, 4) is 0 Å². The Morgan fingerprint density at radius 1 is 0.861 bits per heavy atom. The van der Waals surface area contributed by atoms with E-state index in [9.17, 15) is 19.5 Å². The summed E-state index contributed by atoms with van der Waals surface area (Å²) in [6, 6.07) is 0. The van der Waals surface area contributed by atoms with Crippen LogP contribution in [0.2, 0.25) is 0 Å². The molecule has 0 aromatic heterocycles. The van der Waals surface area contributed by atoms with Crippen LogP contribution in [0.5, 0.6) is 0 Å². The summed E-state index contributed by atoms with van der Waals surface area (Å²) in [6.45, 7) is 13.3. The van der Waals surface area contributed by atoms with E-state index >= 15 is 0 Å². The Kier molecular flexibility index (Phi) is 7.84. The maximum atomic E-state index is 13.5. The normalized spacial score (nSPS) is 43.3. The van der Waals surface area contributed by atoms with E-state index in [1.165, 1.54) is 0 Å². The van der Waals surface area contributed by atoms with E-state index in [0.717, 1.165) is 51.4 Å². The van der Waals surface area contributed by atoms with Crippen molar-refractivity contribution in [3.63, 3.8) is 0 Å². The van der Waals surface area contributed by atoms with Crippen LogP contribution in [0.4, 0.5) is 0 Å². The van der Waals surface area contributed by atoms with Gasteiger partial charge >= 0.3 is 17.9 Å². The van der Waals surface area contributed by atoms with Gasteiger partial charge in [-0.05, 0) is 112 Å². The van der Waals surface area contributed by atoms with Gasteiger partial charge in [-0.1, -0.05) is 27.7 Å². The van der Waals surface area contributed by atoms with E-state index in [4.69, 9.17) is 9.47 Å². The van der Waals surface area contributed by atoms with Crippen molar-refractivity contribution in [1.29, 1.82) is 0 Å². The summed E-state index contributed by atoms with van der Waals surface area (Å²) in [5, 5.41) is 9.72. The minimum atomic E-state index is -0.709. The molecule has 4 aliphatic rings. The first-order chi connectivity index (χ1) is 17.0. The summed E-state index contributed by atoms with van der Waals surface area (Å²) in [5.74, 6) is 0.522. The lowest BCUT2D eigenvalue weighted by atomic mass is 9.41. The Morgan fingerprint density at radius 3 is 2.11 bits per heavy atom. The van der Waals surface area contributed by atoms with Gasteiger partial charge in [-0.25, -0.2) is 0 Å². The molecule has 0 saturated heterocycles. The van der Waals surface area contributed by atoms with Gasteiger partial charge in [0.1, 0.15) is 0 Å². The zero-order valence-electron chi connectivity index (χ0n) is 23.3. The molecule has 0 bridgehead atoms. The topological polar surface area (TPSA) is 89.9 Å². The number of carboxylic acids is 1. The highest BCUT2D eigenvalue weighted by Gasteiger charge is 2.64. The molecule has 204 valence electrons. The van der Waals surface area contributed by atoms with Crippen molar-refractivity contribution >= 4 is 17.9 Å². The molecule has 11 atom stereocenters. The van der Waals surface area contributed by atoms with Crippen LogP contribution in [0.15, 0.2) is 0 Å². The van der Waals surface area contributed by atoms with E-state index in [2.05, 4.69) is 20.8 Å². The summed E-state index contributed by atoms with van der Waals surface area (Å²) >= 11 is 0. The van der Waals surface area contributed by atoms with Gasteiger partial charge in [0.2, 0.25) is 0 Å². The standard InChI is InChI=1S/C30H48O6/c1-7-35-27(33)19-11-13-29(5)20(15-19)16-21(28(34)36-8-2)25-23-10-9-22(17(3)18(4)26(31)32)30(23,6)14-12-24(25)29/h17-25H,7-16H2,1-6H3,(H,31,32)/t17-,18?,19-,20+,21+,22-,23+,24+,25+,29+,30-/m1/s1. The van der Waals surface area contributed by atoms with Crippen molar-refractivity contribution in [1.82, 2.24) is 0 Å². The lowest BCUT2D eigenvalue weighted by Crippen LogP contribution is -2.58. The molecule has 1 N–H and O–H groups in total. The fourth-order valence-electron chi connectivity index (χ4n) is 9.72. The fourth-order valence-corrected chi connectivity index (χ4v) is 9.72. The average Bonchev–Trinajstić information content (AvgIpc) is 3.19. The summed E-state index contributed by atoms with van der Waals surface area (Å²) in [4.78, 5) is 37.9. The molecule has 4 fully saturated rings. The number of fused-ring (bicyclic) bond motifs is 5. The third-order valence-electron chi connectivity index (χ3n) is 11.8. The van der Waals surface area contributed by atoms with E-state index in [1.807, 2.05) is 20.8 Å². The predicted molar refractivity (Wildman–Crippen MR) is 137 cm³/mol. The molecule has 6 nitrogen and oxygen atoms in total. The first-order valence-corrected chi connectivity index (χ1v) is 14.6. The van der Waals surface area contributed by atoms with Crippen LogP contribution in [0.3, 0.4) is 0 Å². The van der Waals surface area contributed by atoms with Gasteiger partial charge in [0.25, 0.3) is 0 Å². The number of aliphatic carboxylic acids is 1. The van der Waals surface area contributed by atoms with Crippen LogP contribution in [-0.4, -0.2) is 36.2 Å². The van der Waals surface area contributed by atoms with Crippen LogP contribution in [0.25, 0.3) is 0 Å². The second-order valence-corrected chi connectivity index (χ2v) is 13.0. The Morgan fingerprint density at radius 2 is 1.47 bits per heavy atom. The quantitative estimate of drug-likeness (QED) is 0.430. The number of rotatable bonds is 7. The summed E-state index contributed by atoms with van der Waals surface area (Å²) in [7, 11) is 0. The Balaban J connectivity index is 1.65. The Bertz CT molecular complexity index is 854. The van der Waals surface area contributed by atoms with Gasteiger partial charge in [-0.3, -0.25) is 14.4 Å². The smallest absolute Gasteiger partial charge is 0.309 e. The monoisotopic (exact) mass is 504 g/mol. The van der Waals surface area contributed by atoms with Crippen LogP contribution in [0.1, 0.15) is 92.9 Å². The van der Waals surface area contributed by atoms with Gasteiger partial charge in [-0.15, -0.1) is 0 Å². The molecule has 0 aliphatic heterocycles. The first-order valence-electron chi connectivity index (χ1n) is 14.6. The zero-order valence-corrected chi connectivity index (χ0v) is 23.3. The lowest BCUT2D eigenvalue weighted by molar-refractivity contribution is -0.181. The zero-order chi connectivity index (χ0) is 26.4.